The van der Waals surface area contributed by atoms with Crippen molar-refractivity contribution >= 4 is 11.8 Å². The predicted molar refractivity (Wildman–Crippen MR) is 118 cm³/mol. The van der Waals surface area contributed by atoms with Gasteiger partial charge in [-0.25, -0.2) is 0 Å². The summed E-state index contributed by atoms with van der Waals surface area (Å²) in [6.45, 7) is 4.04. The molecule has 0 bridgehead atoms. The van der Waals surface area contributed by atoms with Crippen LogP contribution in [0, 0.1) is 0 Å². The number of ether oxygens (including phenoxy) is 3. The van der Waals surface area contributed by atoms with E-state index in [1.165, 1.54) is 5.56 Å². The Balaban J connectivity index is 1.49. The number of benzene rings is 2. The lowest BCUT2D eigenvalue weighted by Gasteiger charge is -2.29. The average Bonchev–Trinajstić information content (AvgIpc) is 2.80. The van der Waals surface area contributed by atoms with Crippen molar-refractivity contribution in [1.82, 2.24) is 10.2 Å². The topological polar surface area (TPSA) is 77.1 Å². The number of para-hydroxylation sites is 1. The van der Waals surface area contributed by atoms with Crippen molar-refractivity contribution in [2.45, 2.75) is 32.7 Å². The monoisotopic (exact) mass is 426 g/mol. The average molecular weight is 427 g/mol. The van der Waals surface area contributed by atoms with Gasteiger partial charge < -0.3 is 24.4 Å². The quantitative estimate of drug-likeness (QED) is 0.623. The summed E-state index contributed by atoms with van der Waals surface area (Å²) in [7, 11) is 3.23. The van der Waals surface area contributed by atoms with Crippen molar-refractivity contribution in [3.63, 3.8) is 0 Å². The van der Waals surface area contributed by atoms with E-state index >= 15 is 0 Å². The van der Waals surface area contributed by atoms with E-state index in [1.807, 2.05) is 30.0 Å². The van der Waals surface area contributed by atoms with Gasteiger partial charge in [-0.1, -0.05) is 12.1 Å². The van der Waals surface area contributed by atoms with Crippen molar-refractivity contribution in [3.8, 4) is 17.2 Å². The molecule has 7 nitrogen and oxygen atoms in total. The van der Waals surface area contributed by atoms with Crippen LogP contribution < -0.4 is 19.5 Å². The van der Waals surface area contributed by atoms with E-state index in [4.69, 9.17) is 14.2 Å². The molecule has 3 rings (SSSR count). The lowest BCUT2D eigenvalue weighted by molar-refractivity contribution is -0.132. The smallest absolute Gasteiger partial charge is 0.255 e. The van der Waals surface area contributed by atoms with Crippen molar-refractivity contribution in [2.75, 3.05) is 33.9 Å². The molecule has 1 aliphatic heterocycles. The predicted octanol–water partition coefficient (Wildman–Crippen LogP) is 3.20. The van der Waals surface area contributed by atoms with E-state index in [0.29, 0.717) is 61.9 Å². The number of amides is 2. The van der Waals surface area contributed by atoms with Gasteiger partial charge in [-0.05, 0) is 55.2 Å². The van der Waals surface area contributed by atoms with E-state index in [-0.39, 0.29) is 11.8 Å². The zero-order valence-electron chi connectivity index (χ0n) is 18.4. The number of carbonyl (C=O) groups is 2. The van der Waals surface area contributed by atoms with Crippen LogP contribution in [0.2, 0.25) is 0 Å². The summed E-state index contributed by atoms with van der Waals surface area (Å²) in [5, 5.41) is 2.88. The largest absolute Gasteiger partial charge is 0.493 e. The standard InChI is InChI=1S/C24H30N2O5/c1-4-31-20-9-6-5-8-19(20)24(28)25-12-7-10-23(27)26-13-11-17-14-21(29-2)22(30-3)15-18(17)16-26/h5-6,8-9,14-15H,4,7,10-13,16H2,1-3H3,(H,25,28). The highest BCUT2D eigenvalue weighted by Crippen LogP contribution is 2.33. The van der Waals surface area contributed by atoms with Crippen LogP contribution in [-0.2, 0) is 17.8 Å². The van der Waals surface area contributed by atoms with Crippen LogP contribution in [0.25, 0.3) is 0 Å². The van der Waals surface area contributed by atoms with E-state index in [9.17, 15) is 9.59 Å². The Morgan fingerprint density at radius 1 is 1.03 bits per heavy atom. The number of fused-ring (bicyclic) bond motifs is 1. The van der Waals surface area contributed by atoms with Crippen LogP contribution in [0.5, 0.6) is 17.2 Å². The second-order valence-electron chi connectivity index (χ2n) is 7.33. The van der Waals surface area contributed by atoms with Crippen LogP contribution in [-0.4, -0.2) is 50.6 Å². The molecule has 0 atom stereocenters. The number of rotatable bonds is 9. The first-order valence-corrected chi connectivity index (χ1v) is 10.6. The molecule has 1 aliphatic rings. The molecule has 7 heteroatoms. The van der Waals surface area contributed by atoms with Crippen LogP contribution in [0.4, 0.5) is 0 Å². The van der Waals surface area contributed by atoms with E-state index < -0.39 is 0 Å². The highest BCUT2D eigenvalue weighted by atomic mass is 16.5. The van der Waals surface area contributed by atoms with Crippen LogP contribution in [0.15, 0.2) is 36.4 Å². The van der Waals surface area contributed by atoms with Gasteiger partial charge in [0.25, 0.3) is 5.91 Å². The molecule has 0 spiro atoms. The Morgan fingerprint density at radius 3 is 2.45 bits per heavy atom. The molecule has 0 fully saturated rings. The van der Waals surface area contributed by atoms with Crippen LogP contribution in [0.3, 0.4) is 0 Å². The summed E-state index contributed by atoms with van der Waals surface area (Å²) < 4.78 is 16.3. The lowest BCUT2D eigenvalue weighted by atomic mass is 9.98. The summed E-state index contributed by atoms with van der Waals surface area (Å²) in [4.78, 5) is 27.0. The molecule has 0 unspecified atom stereocenters. The Morgan fingerprint density at radius 2 is 1.74 bits per heavy atom. The van der Waals surface area contributed by atoms with Gasteiger partial charge in [0.15, 0.2) is 11.5 Å². The summed E-state index contributed by atoms with van der Waals surface area (Å²) in [6, 6.07) is 11.1. The minimum absolute atomic E-state index is 0.0874. The van der Waals surface area contributed by atoms with Gasteiger partial charge in [0.2, 0.25) is 5.91 Å². The van der Waals surface area contributed by atoms with Crippen molar-refractivity contribution in [1.29, 1.82) is 0 Å². The third kappa shape index (κ3) is 5.48. The molecule has 0 saturated heterocycles. The Labute approximate surface area is 183 Å². The maximum absolute atomic E-state index is 12.7. The summed E-state index contributed by atoms with van der Waals surface area (Å²) >= 11 is 0. The zero-order chi connectivity index (χ0) is 22.2. The molecule has 1 N–H and O–H groups in total. The minimum atomic E-state index is -0.190. The molecule has 0 aromatic heterocycles. The number of methoxy groups -OCH3 is 2. The second kappa shape index (κ2) is 10.7. The number of carbonyl (C=O) groups excluding carboxylic acids is 2. The molecule has 0 radical (unpaired) electrons. The van der Waals surface area contributed by atoms with Gasteiger partial charge in [0.05, 0.1) is 26.4 Å². The molecular formula is C24H30N2O5. The lowest BCUT2D eigenvalue weighted by Crippen LogP contribution is -2.36. The maximum atomic E-state index is 12.7. The highest BCUT2D eigenvalue weighted by Gasteiger charge is 2.22. The van der Waals surface area contributed by atoms with Crippen molar-refractivity contribution in [3.05, 3.63) is 53.1 Å². The van der Waals surface area contributed by atoms with E-state index in [2.05, 4.69) is 5.32 Å². The number of nitrogens with zero attached hydrogens (tertiary/aromatic N) is 1. The molecule has 0 saturated carbocycles. The van der Waals surface area contributed by atoms with Gasteiger partial charge >= 0.3 is 0 Å². The third-order valence-electron chi connectivity index (χ3n) is 5.36. The fourth-order valence-electron chi connectivity index (χ4n) is 3.73. The summed E-state index contributed by atoms with van der Waals surface area (Å²) in [5.74, 6) is 1.85. The van der Waals surface area contributed by atoms with Crippen molar-refractivity contribution in [2.24, 2.45) is 0 Å². The summed E-state index contributed by atoms with van der Waals surface area (Å²) in [6.07, 6.45) is 1.75. The van der Waals surface area contributed by atoms with E-state index in [1.54, 1.807) is 32.4 Å². The SMILES string of the molecule is CCOc1ccccc1C(=O)NCCCC(=O)N1CCc2cc(OC)c(OC)cc2C1. The number of hydrogen-bond donors (Lipinski definition) is 1. The maximum Gasteiger partial charge on any atom is 0.255 e. The first kappa shape index (κ1) is 22.5. The molecule has 31 heavy (non-hydrogen) atoms. The van der Waals surface area contributed by atoms with Gasteiger partial charge in [-0.3, -0.25) is 9.59 Å². The van der Waals surface area contributed by atoms with Crippen LogP contribution >= 0.6 is 0 Å². The zero-order valence-corrected chi connectivity index (χ0v) is 18.4. The first-order chi connectivity index (χ1) is 15.1. The van der Waals surface area contributed by atoms with Crippen LogP contribution in [0.1, 0.15) is 41.3 Å². The van der Waals surface area contributed by atoms with Gasteiger partial charge in [-0.15, -0.1) is 0 Å². The fraction of sp³-hybridized carbons (Fsp3) is 0.417. The molecule has 1 heterocycles. The van der Waals surface area contributed by atoms with Crippen molar-refractivity contribution < 1.29 is 23.8 Å². The first-order valence-electron chi connectivity index (χ1n) is 10.6. The molecule has 2 amide bonds. The number of hydrogen-bond acceptors (Lipinski definition) is 5. The van der Waals surface area contributed by atoms with Gasteiger partial charge in [-0.2, -0.15) is 0 Å². The Bertz CT molecular complexity index is 928. The molecule has 0 aliphatic carbocycles. The minimum Gasteiger partial charge on any atom is -0.493 e. The highest BCUT2D eigenvalue weighted by molar-refractivity contribution is 5.96. The molecule has 2 aromatic rings. The van der Waals surface area contributed by atoms with E-state index in [0.717, 1.165) is 12.0 Å². The third-order valence-corrected chi connectivity index (χ3v) is 5.36. The van der Waals surface area contributed by atoms with Gasteiger partial charge in [0, 0.05) is 26.1 Å². The van der Waals surface area contributed by atoms with Gasteiger partial charge in [0.1, 0.15) is 5.75 Å². The Hall–Kier alpha value is -3.22. The number of nitrogens with one attached hydrogen (secondary N) is 1. The summed E-state index contributed by atoms with van der Waals surface area (Å²) in [5.41, 5.74) is 2.77. The Kier molecular flexibility index (Phi) is 7.76. The second-order valence-corrected chi connectivity index (χ2v) is 7.33. The normalized spacial score (nSPS) is 12.7. The molecular weight excluding hydrogens is 396 g/mol. The molecule has 166 valence electrons. The fourth-order valence-corrected chi connectivity index (χ4v) is 3.73. The molecule has 2 aromatic carbocycles.